The van der Waals surface area contributed by atoms with E-state index in [-0.39, 0.29) is 35.1 Å². The smallest absolute Gasteiger partial charge is 0.259 e. The predicted molar refractivity (Wildman–Crippen MR) is 71.4 cm³/mol. The Bertz CT molecular complexity index is 678. The largest absolute Gasteiger partial charge is 0.505 e. The third-order valence-electron chi connectivity index (χ3n) is 3.04. The SMILES string of the molecule is Cn1c(N)c(N)c(O)c(Cc2ccc(F)cc2)c1=O. The monoisotopic (exact) mass is 263 g/mol. The van der Waals surface area contributed by atoms with E-state index in [0.29, 0.717) is 5.56 Å². The van der Waals surface area contributed by atoms with Crippen LogP contribution in [0.1, 0.15) is 11.1 Å². The fourth-order valence-corrected chi connectivity index (χ4v) is 1.84. The quantitative estimate of drug-likeness (QED) is 0.753. The van der Waals surface area contributed by atoms with Gasteiger partial charge in [-0.25, -0.2) is 4.39 Å². The molecule has 0 spiro atoms. The summed E-state index contributed by atoms with van der Waals surface area (Å²) in [7, 11) is 1.47. The number of rotatable bonds is 2. The number of aromatic hydroxyl groups is 1. The van der Waals surface area contributed by atoms with Crippen LogP contribution in [0.2, 0.25) is 0 Å². The van der Waals surface area contributed by atoms with Gasteiger partial charge in [-0.15, -0.1) is 0 Å². The highest BCUT2D eigenvalue weighted by Gasteiger charge is 2.16. The van der Waals surface area contributed by atoms with Gasteiger partial charge in [0.15, 0.2) is 5.75 Å². The van der Waals surface area contributed by atoms with E-state index in [1.54, 1.807) is 12.1 Å². The van der Waals surface area contributed by atoms with Crippen LogP contribution in [-0.4, -0.2) is 9.67 Å². The number of hydrogen-bond acceptors (Lipinski definition) is 4. The van der Waals surface area contributed by atoms with E-state index in [9.17, 15) is 14.3 Å². The molecule has 0 amide bonds. The van der Waals surface area contributed by atoms with Crippen molar-refractivity contribution in [3.8, 4) is 5.75 Å². The van der Waals surface area contributed by atoms with Crippen molar-refractivity contribution in [3.05, 3.63) is 51.6 Å². The van der Waals surface area contributed by atoms with Crippen molar-refractivity contribution in [2.45, 2.75) is 6.42 Å². The molecule has 6 heteroatoms. The molecule has 0 fully saturated rings. The molecule has 19 heavy (non-hydrogen) atoms. The first-order valence-corrected chi connectivity index (χ1v) is 5.62. The third-order valence-corrected chi connectivity index (χ3v) is 3.04. The van der Waals surface area contributed by atoms with Gasteiger partial charge in [-0.2, -0.15) is 0 Å². The predicted octanol–water partition coefficient (Wildman–Crippen LogP) is 0.985. The molecule has 5 N–H and O–H groups in total. The van der Waals surface area contributed by atoms with Crippen molar-refractivity contribution in [2.75, 3.05) is 11.5 Å². The second kappa shape index (κ2) is 4.64. The van der Waals surface area contributed by atoms with Gasteiger partial charge in [0.05, 0.1) is 5.56 Å². The van der Waals surface area contributed by atoms with E-state index in [0.717, 1.165) is 0 Å². The molecule has 0 saturated heterocycles. The van der Waals surface area contributed by atoms with Crippen LogP contribution in [0.25, 0.3) is 0 Å². The summed E-state index contributed by atoms with van der Waals surface area (Å²) in [6.45, 7) is 0. The Morgan fingerprint density at radius 2 is 1.84 bits per heavy atom. The van der Waals surface area contributed by atoms with Crippen molar-refractivity contribution in [3.63, 3.8) is 0 Å². The summed E-state index contributed by atoms with van der Waals surface area (Å²) in [4.78, 5) is 12.0. The Morgan fingerprint density at radius 1 is 1.26 bits per heavy atom. The topological polar surface area (TPSA) is 94.3 Å². The summed E-state index contributed by atoms with van der Waals surface area (Å²) in [6, 6.07) is 5.66. The lowest BCUT2D eigenvalue weighted by Gasteiger charge is -2.12. The number of pyridine rings is 1. The first-order valence-electron chi connectivity index (χ1n) is 5.62. The van der Waals surface area contributed by atoms with Gasteiger partial charge in [0.1, 0.15) is 17.3 Å². The van der Waals surface area contributed by atoms with Crippen LogP contribution in [0.4, 0.5) is 15.9 Å². The summed E-state index contributed by atoms with van der Waals surface area (Å²) in [6.07, 6.45) is 0.156. The molecular formula is C13H14FN3O2. The highest BCUT2D eigenvalue weighted by molar-refractivity contribution is 5.69. The first-order chi connectivity index (χ1) is 8.91. The molecule has 0 radical (unpaired) electrons. The van der Waals surface area contributed by atoms with Gasteiger partial charge in [0, 0.05) is 13.5 Å². The van der Waals surface area contributed by atoms with Crippen LogP contribution < -0.4 is 17.0 Å². The average molecular weight is 263 g/mol. The van der Waals surface area contributed by atoms with Gasteiger partial charge in [-0.3, -0.25) is 9.36 Å². The van der Waals surface area contributed by atoms with Gasteiger partial charge in [0.2, 0.25) is 0 Å². The molecule has 0 atom stereocenters. The number of nitrogens with zero attached hydrogens (tertiary/aromatic N) is 1. The van der Waals surface area contributed by atoms with Crippen LogP contribution >= 0.6 is 0 Å². The minimum Gasteiger partial charge on any atom is -0.505 e. The van der Waals surface area contributed by atoms with E-state index >= 15 is 0 Å². The van der Waals surface area contributed by atoms with Crippen LogP contribution in [0.5, 0.6) is 5.75 Å². The van der Waals surface area contributed by atoms with Crippen molar-refractivity contribution >= 4 is 11.5 Å². The molecule has 2 rings (SSSR count). The number of halogens is 1. The number of nitrogen functional groups attached to an aromatic ring is 2. The van der Waals surface area contributed by atoms with Gasteiger partial charge in [0.25, 0.3) is 5.56 Å². The third kappa shape index (κ3) is 2.24. The molecule has 1 aromatic carbocycles. The van der Waals surface area contributed by atoms with Gasteiger partial charge >= 0.3 is 0 Å². The molecule has 0 bridgehead atoms. The lowest BCUT2D eigenvalue weighted by atomic mass is 10.0. The molecule has 5 nitrogen and oxygen atoms in total. The number of anilines is 2. The number of aromatic nitrogens is 1. The minimum atomic E-state index is -0.423. The van der Waals surface area contributed by atoms with Gasteiger partial charge < -0.3 is 16.6 Å². The highest BCUT2D eigenvalue weighted by Crippen LogP contribution is 2.28. The molecule has 0 aliphatic carbocycles. The van der Waals surface area contributed by atoms with Crippen LogP contribution in [0, 0.1) is 5.82 Å². The minimum absolute atomic E-state index is 0.0188. The van der Waals surface area contributed by atoms with Gasteiger partial charge in [-0.05, 0) is 17.7 Å². The second-order valence-electron chi connectivity index (χ2n) is 4.29. The lowest BCUT2D eigenvalue weighted by molar-refractivity contribution is 0.469. The maximum atomic E-state index is 12.8. The Morgan fingerprint density at radius 3 is 2.42 bits per heavy atom. The van der Waals surface area contributed by atoms with Crippen molar-refractivity contribution < 1.29 is 9.50 Å². The van der Waals surface area contributed by atoms with E-state index in [1.165, 1.54) is 23.7 Å². The van der Waals surface area contributed by atoms with E-state index < -0.39 is 5.56 Å². The van der Waals surface area contributed by atoms with Crippen LogP contribution in [-0.2, 0) is 13.5 Å². The van der Waals surface area contributed by atoms with E-state index in [1.807, 2.05) is 0 Å². The van der Waals surface area contributed by atoms with E-state index in [2.05, 4.69) is 0 Å². The Hall–Kier alpha value is -2.50. The average Bonchev–Trinajstić information content (AvgIpc) is 2.41. The maximum absolute atomic E-state index is 12.8. The fourth-order valence-electron chi connectivity index (χ4n) is 1.84. The fraction of sp³-hybridized carbons (Fsp3) is 0.154. The first kappa shape index (κ1) is 12.9. The molecule has 0 unspecified atom stereocenters. The molecule has 0 aliphatic rings. The highest BCUT2D eigenvalue weighted by atomic mass is 19.1. The Kier molecular flexibility index (Phi) is 3.16. The molecule has 2 aromatic rings. The van der Waals surface area contributed by atoms with Gasteiger partial charge in [-0.1, -0.05) is 12.1 Å². The number of hydrogen-bond donors (Lipinski definition) is 3. The standard InChI is InChI=1S/C13H14FN3O2/c1-17-12(16)10(15)11(18)9(13(17)19)6-7-2-4-8(14)5-3-7/h2-5,18H,6,15-16H2,1H3. The summed E-state index contributed by atoms with van der Waals surface area (Å²) < 4.78 is 14.0. The lowest BCUT2D eigenvalue weighted by Crippen LogP contribution is -2.25. The zero-order chi connectivity index (χ0) is 14.2. The summed E-state index contributed by atoms with van der Waals surface area (Å²) >= 11 is 0. The number of benzene rings is 1. The summed E-state index contributed by atoms with van der Waals surface area (Å²) in [5.41, 5.74) is 11.6. The molecule has 100 valence electrons. The summed E-state index contributed by atoms with van der Waals surface area (Å²) in [5.74, 6) is -0.659. The zero-order valence-corrected chi connectivity index (χ0v) is 10.4. The summed E-state index contributed by atoms with van der Waals surface area (Å²) in [5, 5.41) is 9.91. The molecule has 0 saturated carbocycles. The molecular weight excluding hydrogens is 249 g/mol. The van der Waals surface area contributed by atoms with Crippen molar-refractivity contribution in [2.24, 2.45) is 7.05 Å². The maximum Gasteiger partial charge on any atom is 0.259 e. The van der Waals surface area contributed by atoms with Crippen molar-refractivity contribution in [1.29, 1.82) is 0 Å². The van der Waals surface area contributed by atoms with Crippen LogP contribution in [0.15, 0.2) is 29.1 Å². The second-order valence-corrected chi connectivity index (χ2v) is 4.29. The Labute approximate surface area is 108 Å². The normalized spacial score (nSPS) is 10.6. The van der Waals surface area contributed by atoms with E-state index in [4.69, 9.17) is 11.5 Å². The van der Waals surface area contributed by atoms with Crippen molar-refractivity contribution in [1.82, 2.24) is 4.57 Å². The molecule has 1 heterocycles. The molecule has 1 aromatic heterocycles. The molecule has 0 aliphatic heterocycles. The number of nitrogens with two attached hydrogens (primary N) is 2. The Balaban J connectivity index is 2.52. The van der Waals surface area contributed by atoms with Crippen LogP contribution in [0.3, 0.4) is 0 Å². The zero-order valence-electron chi connectivity index (χ0n) is 10.4.